The third kappa shape index (κ3) is 3.95. The second-order valence-corrected chi connectivity index (χ2v) is 11.8. The van der Waals surface area contributed by atoms with Crippen LogP contribution in [0.4, 0.5) is 0 Å². The van der Waals surface area contributed by atoms with Crippen LogP contribution in [0, 0.1) is 5.92 Å². The van der Waals surface area contributed by atoms with Crippen molar-refractivity contribution in [1.82, 2.24) is 0 Å². The summed E-state index contributed by atoms with van der Waals surface area (Å²) in [5.74, 6) is -0.0820. The van der Waals surface area contributed by atoms with Gasteiger partial charge in [-0.25, -0.2) is 0 Å². The van der Waals surface area contributed by atoms with Crippen molar-refractivity contribution in [1.29, 1.82) is 0 Å². The van der Waals surface area contributed by atoms with Gasteiger partial charge in [-0.15, -0.1) is 0 Å². The lowest BCUT2D eigenvalue weighted by Crippen LogP contribution is -2.38. The van der Waals surface area contributed by atoms with E-state index in [0.29, 0.717) is 13.2 Å². The third-order valence-electron chi connectivity index (χ3n) is 4.15. The molecule has 0 aromatic heterocycles. The Morgan fingerprint density at radius 1 is 1.29 bits per heavy atom. The lowest BCUT2D eigenvalue weighted by atomic mass is 9.83. The Kier molecular flexibility index (Phi) is 5.22. The molecule has 21 heavy (non-hydrogen) atoms. The van der Waals surface area contributed by atoms with Crippen LogP contribution in [0.2, 0.25) is 19.6 Å². The van der Waals surface area contributed by atoms with Gasteiger partial charge in [0.25, 0.3) is 0 Å². The van der Waals surface area contributed by atoms with Gasteiger partial charge in [-0.2, -0.15) is 0 Å². The van der Waals surface area contributed by atoms with Crippen molar-refractivity contribution in [2.45, 2.75) is 38.9 Å². The number of carbonyl (C=O) groups excluding carboxylic acids is 1. The van der Waals surface area contributed by atoms with Crippen LogP contribution in [-0.2, 0) is 14.3 Å². The number of carbonyl (C=O) groups is 1. The van der Waals surface area contributed by atoms with Crippen molar-refractivity contribution in [3.8, 4) is 0 Å². The molecule has 2 unspecified atom stereocenters. The molecule has 0 spiro atoms. The van der Waals surface area contributed by atoms with Crippen molar-refractivity contribution in [2.75, 3.05) is 19.8 Å². The lowest BCUT2D eigenvalue weighted by Gasteiger charge is -2.30. The predicted octanol–water partition coefficient (Wildman–Crippen LogP) is 2.92. The summed E-state index contributed by atoms with van der Waals surface area (Å²) in [6.45, 7) is 10.5. The van der Waals surface area contributed by atoms with Crippen LogP contribution in [0.1, 0.15) is 24.8 Å². The van der Waals surface area contributed by atoms with Gasteiger partial charge in [0.05, 0.1) is 27.2 Å². The van der Waals surface area contributed by atoms with E-state index in [9.17, 15) is 4.79 Å². The van der Waals surface area contributed by atoms with Crippen molar-refractivity contribution in [3.63, 3.8) is 0 Å². The fourth-order valence-electron chi connectivity index (χ4n) is 2.85. The van der Waals surface area contributed by atoms with Crippen LogP contribution >= 0.6 is 0 Å². The molecule has 1 aliphatic rings. The first-order valence-corrected chi connectivity index (χ1v) is 11.3. The molecule has 2 atom stereocenters. The average Bonchev–Trinajstić information content (AvgIpc) is 2.47. The SMILES string of the molecule is CCOC(=O)C1COCCC1c1ccc([Si](C)(C)C)cc1. The van der Waals surface area contributed by atoms with E-state index in [-0.39, 0.29) is 17.8 Å². The minimum absolute atomic E-state index is 0.128. The molecule has 0 amide bonds. The van der Waals surface area contributed by atoms with Gasteiger partial charge in [0.1, 0.15) is 0 Å². The molecule has 1 aromatic carbocycles. The van der Waals surface area contributed by atoms with E-state index in [1.807, 2.05) is 6.92 Å². The molecule has 0 radical (unpaired) electrons. The minimum atomic E-state index is -1.27. The van der Waals surface area contributed by atoms with Gasteiger partial charge in [-0.3, -0.25) is 4.79 Å². The second-order valence-electron chi connectivity index (χ2n) is 6.70. The van der Waals surface area contributed by atoms with E-state index in [2.05, 4.69) is 43.9 Å². The fraction of sp³-hybridized carbons (Fsp3) is 0.588. The van der Waals surface area contributed by atoms with Crippen LogP contribution in [0.15, 0.2) is 24.3 Å². The van der Waals surface area contributed by atoms with Crippen molar-refractivity contribution in [2.24, 2.45) is 5.92 Å². The molecule has 1 heterocycles. The summed E-state index contributed by atoms with van der Waals surface area (Å²) in [4.78, 5) is 12.1. The molecule has 2 rings (SSSR count). The summed E-state index contributed by atoms with van der Waals surface area (Å²) < 4.78 is 10.7. The molecule has 0 saturated carbocycles. The molecule has 1 fully saturated rings. The highest BCUT2D eigenvalue weighted by molar-refractivity contribution is 6.88. The highest BCUT2D eigenvalue weighted by atomic mass is 28.3. The van der Waals surface area contributed by atoms with Crippen LogP contribution in [0.3, 0.4) is 0 Å². The molecule has 0 bridgehead atoms. The zero-order valence-electron chi connectivity index (χ0n) is 13.5. The Bertz CT molecular complexity index is 476. The number of benzene rings is 1. The first-order valence-electron chi connectivity index (χ1n) is 7.78. The molecule has 3 nitrogen and oxygen atoms in total. The zero-order valence-corrected chi connectivity index (χ0v) is 14.5. The molecule has 4 heteroatoms. The Balaban J connectivity index is 2.19. The molecule has 1 aliphatic heterocycles. The van der Waals surface area contributed by atoms with E-state index < -0.39 is 8.07 Å². The molecule has 0 aliphatic carbocycles. The monoisotopic (exact) mass is 306 g/mol. The summed E-state index contributed by atoms with van der Waals surface area (Å²) >= 11 is 0. The van der Waals surface area contributed by atoms with E-state index in [1.54, 1.807) is 0 Å². The summed E-state index contributed by atoms with van der Waals surface area (Å²) in [5, 5.41) is 1.45. The Morgan fingerprint density at radius 2 is 1.95 bits per heavy atom. The number of rotatable bonds is 4. The van der Waals surface area contributed by atoms with Crippen molar-refractivity contribution >= 4 is 19.2 Å². The number of hydrogen-bond donors (Lipinski definition) is 0. The van der Waals surface area contributed by atoms with Gasteiger partial charge in [-0.05, 0) is 18.9 Å². The van der Waals surface area contributed by atoms with E-state index in [0.717, 1.165) is 13.0 Å². The minimum Gasteiger partial charge on any atom is -0.466 e. The summed E-state index contributed by atoms with van der Waals surface area (Å²) in [7, 11) is -1.27. The van der Waals surface area contributed by atoms with Gasteiger partial charge < -0.3 is 9.47 Å². The molecular weight excluding hydrogens is 280 g/mol. The Hall–Kier alpha value is -1.13. The normalized spacial score (nSPS) is 22.9. The quantitative estimate of drug-likeness (QED) is 0.634. The molecule has 1 aromatic rings. The predicted molar refractivity (Wildman–Crippen MR) is 87.7 cm³/mol. The Labute approximate surface area is 128 Å². The van der Waals surface area contributed by atoms with E-state index >= 15 is 0 Å². The Morgan fingerprint density at radius 3 is 2.52 bits per heavy atom. The van der Waals surface area contributed by atoms with Gasteiger partial charge in [-0.1, -0.05) is 49.1 Å². The highest BCUT2D eigenvalue weighted by Crippen LogP contribution is 2.32. The van der Waals surface area contributed by atoms with Crippen molar-refractivity contribution in [3.05, 3.63) is 29.8 Å². The van der Waals surface area contributed by atoms with Crippen LogP contribution < -0.4 is 5.19 Å². The van der Waals surface area contributed by atoms with Crippen LogP contribution in [-0.4, -0.2) is 33.9 Å². The van der Waals surface area contributed by atoms with E-state index in [4.69, 9.17) is 9.47 Å². The fourth-order valence-corrected chi connectivity index (χ4v) is 4.02. The molecule has 1 saturated heterocycles. The number of ether oxygens (including phenoxy) is 2. The molecular formula is C17H26O3Si. The highest BCUT2D eigenvalue weighted by Gasteiger charge is 2.34. The van der Waals surface area contributed by atoms with Gasteiger partial charge in [0, 0.05) is 12.5 Å². The average molecular weight is 306 g/mol. The summed E-state index contributed by atoms with van der Waals surface area (Å²) in [6.07, 6.45) is 0.885. The third-order valence-corrected chi connectivity index (χ3v) is 6.22. The maximum absolute atomic E-state index is 12.1. The number of esters is 1. The lowest BCUT2D eigenvalue weighted by molar-refractivity contribution is -0.153. The number of hydrogen-bond acceptors (Lipinski definition) is 3. The first kappa shape index (κ1) is 16.2. The van der Waals surface area contributed by atoms with Crippen LogP contribution in [0.5, 0.6) is 0 Å². The smallest absolute Gasteiger partial charge is 0.311 e. The summed E-state index contributed by atoms with van der Waals surface area (Å²) in [6, 6.07) is 8.85. The zero-order chi connectivity index (χ0) is 15.5. The maximum Gasteiger partial charge on any atom is 0.311 e. The second kappa shape index (κ2) is 6.75. The molecule has 0 N–H and O–H groups in total. The maximum atomic E-state index is 12.1. The van der Waals surface area contributed by atoms with Gasteiger partial charge in [0.2, 0.25) is 0 Å². The first-order chi connectivity index (χ1) is 9.93. The standard InChI is InChI=1S/C17H26O3Si/c1-5-20-17(18)16-12-19-11-10-15(16)13-6-8-14(9-7-13)21(2,3)4/h6-9,15-16H,5,10-12H2,1-4H3. The largest absolute Gasteiger partial charge is 0.466 e. The van der Waals surface area contributed by atoms with E-state index in [1.165, 1.54) is 10.8 Å². The topological polar surface area (TPSA) is 35.5 Å². The van der Waals surface area contributed by atoms with Gasteiger partial charge in [0.15, 0.2) is 0 Å². The van der Waals surface area contributed by atoms with Gasteiger partial charge >= 0.3 is 5.97 Å². The van der Waals surface area contributed by atoms with Crippen LogP contribution in [0.25, 0.3) is 0 Å². The molecule has 116 valence electrons. The summed E-state index contributed by atoms with van der Waals surface area (Å²) in [5.41, 5.74) is 1.23. The van der Waals surface area contributed by atoms with Crippen molar-refractivity contribution < 1.29 is 14.3 Å².